The molecule has 1 aliphatic heterocycles. The van der Waals surface area contributed by atoms with Crippen LogP contribution in [-0.2, 0) is 5.41 Å². The molecule has 6 aromatic rings. The second kappa shape index (κ2) is 7.71. The van der Waals surface area contributed by atoms with Crippen LogP contribution in [0.2, 0.25) is 0 Å². The summed E-state index contributed by atoms with van der Waals surface area (Å²) < 4.78 is 0. The van der Waals surface area contributed by atoms with Crippen molar-refractivity contribution in [3.63, 3.8) is 0 Å². The summed E-state index contributed by atoms with van der Waals surface area (Å²) in [5.41, 5.74) is 11.9. The number of hydrogen-bond acceptors (Lipinski definition) is 1. The van der Waals surface area contributed by atoms with Crippen molar-refractivity contribution in [1.82, 2.24) is 0 Å². The van der Waals surface area contributed by atoms with Gasteiger partial charge in [0.2, 0.25) is 0 Å². The maximum absolute atomic E-state index is 2.41. The molecule has 174 valence electrons. The van der Waals surface area contributed by atoms with Crippen LogP contribution in [0.1, 0.15) is 23.6 Å². The standard InChI is InChI=1S/C36H24S/c1-36(26-11-3-2-4-12-26)31-15-6-5-13-27(31)29-21-24(17-19-32(29)36)25-18-20-33-30(22-25)28-14-7-9-23-10-8-16-34(37-33)35(23)28/h2-22H,1H3. The summed E-state index contributed by atoms with van der Waals surface area (Å²) in [6.45, 7) is 2.38. The Balaban J connectivity index is 1.31. The van der Waals surface area contributed by atoms with Crippen molar-refractivity contribution >= 4 is 22.5 Å². The van der Waals surface area contributed by atoms with Crippen LogP contribution in [0, 0.1) is 0 Å². The van der Waals surface area contributed by atoms with Crippen molar-refractivity contribution in [2.75, 3.05) is 0 Å². The Kier molecular flexibility index (Phi) is 4.39. The lowest BCUT2D eigenvalue weighted by molar-refractivity contribution is 0.714. The van der Waals surface area contributed by atoms with E-state index in [-0.39, 0.29) is 5.41 Å². The zero-order valence-corrected chi connectivity index (χ0v) is 21.3. The Bertz CT molecular complexity index is 1860. The van der Waals surface area contributed by atoms with E-state index in [1.807, 2.05) is 11.8 Å². The van der Waals surface area contributed by atoms with Crippen LogP contribution in [0.5, 0.6) is 0 Å². The smallest absolute Gasteiger partial charge is 0.0435 e. The highest BCUT2D eigenvalue weighted by Gasteiger charge is 2.40. The number of benzene rings is 6. The first-order chi connectivity index (χ1) is 18.2. The predicted octanol–water partition coefficient (Wildman–Crippen LogP) is 9.97. The van der Waals surface area contributed by atoms with Crippen molar-refractivity contribution in [2.24, 2.45) is 0 Å². The number of fused-ring (bicyclic) bond motifs is 5. The zero-order valence-electron chi connectivity index (χ0n) is 20.5. The van der Waals surface area contributed by atoms with Gasteiger partial charge in [0.25, 0.3) is 0 Å². The Morgan fingerprint density at radius 2 is 1.16 bits per heavy atom. The summed E-state index contributed by atoms with van der Waals surface area (Å²) in [5, 5.41) is 2.69. The highest BCUT2D eigenvalue weighted by atomic mass is 32.2. The minimum Gasteiger partial charge on any atom is -0.0888 e. The van der Waals surface area contributed by atoms with E-state index < -0.39 is 0 Å². The molecule has 0 radical (unpaired) electrons. The SMILES string of the molecule is CC1(c2ccccc2)c2ccccc2-c2cc(-c3ccc4c(c3)-c3cccc5cccc(c35)S4)ccc21. The van der Waals surface area contributed by atoms with E-state index in [1.54, 1.807) is 0 Å². The molecule has 1 atom stereocenters. The fourth-order valence-corrected chi connectivity index (χ4v) is 7.64. The third-order valence-electron chi connectivity index (χ3n) is 8.35. The van der Waals surface area contributed by atoms with E-state index in [2.05, 4.69) is 134 Å². The molecule has 0 spiro atoms. The normalized spacial score (nSPS) is 16.8. The molecular formula is C36H24S. The first-order valence-corrected chi connectivity index (χ1v) is 13.7. The topological polar surface area (TPSA) is 0 Å². The molecule has 0 bridgehead atoms. The molecule has 0 saturated carbocycles. The van der Waals surface area contributed by atoms with Gasteiger partial charge >= 0.3 is 0 Å². The molecule has 37 heavy (non-hydrogen) atoms. The average molecular weight is 489 g/mol. The highest BCUT2D eigenvalue weighted by molar-refractivity contribution is 7.99. The second-order valence-electron chi connectivity index (χ2n) is 10.3. The van der Waals surface area contributed by atoms with Crippen LogP contribution in [0.4, 0.5) is 0 Å². The lowest BCUT2D eigenvalue weighted by Gasteiger charge is -2.28. The molecule has 0 saturated heterocycles. The van der Waals surface area contributed by atoms with Gasteiger partial charge in [0.05, 0.1) is 0 Å². The molecule has 1 unspecified atom stereocenters. The molecule has 0 N–H and O–H groups in total. The molecule has 6 aromatic carbocycles. The zero-order chi connectivity index (χ0) is 24.6. The van der Waals surface area contributed by atoms with Gasteiger partial charge in [-0.1, -0.05) is 115 Å². The van der Waals surface area contributed by atoms with Crippen LogP contribution in [0.3, 0.4) is 0 Å². The molecule has 0 aromatic heterocycles. The molecule has 1 heteroatoms. The van der Waals surface area contributed by atoms with Crippen molar-refractivity contribution in [3.05, 3.63) is 144 Å². The van der Waals surface area contributed by atoms with Crippen molar-refractivity contribution in [1.29, 1.82) is 0 Å². The van der Waals surface area contributed by atoms with Gasteiger partial charge in [0.1, 0.15) is 0 Å². The molecule has 1 aliphatic carbocycles. The van der Waals surface area contributed by atoms with Gasteiger partial charge < -0.3 is 0 Å². The van der Waals surface area contributed by atoms with Crippen molar-refractivity contribution < 1.29 is 0 Å². The van der Waals surface area contributed by atoms with E-state index in [0.29, 0.717) is 0 Å². The summed E-state index contributed by atoms with van der Waals surface area (Å²) in [6, 6.07) is 47.3. The first-order valence-electron chi connectivity index (χ1n) is 12.9. The third kappa shape index (κ3) is 2.92. The minimum atomic E-state index is -0.155. The van der Waals surface area contributed by atoms with Crippen LogP contribution < -0.4 is 0 Å². The van der Waals surface area contributed by atoms with Crippen LogP contribution in [-0.4, -0.2) is 0 Å². The van der Waals surface area contributed by atoms with E-state index in [0.717, 1.165) is 0 Å². The largest absolute Gasteiger partial charge is 0.0888 e. The van der Waals surface area contributed by atoms with Gasteiger partial charge in [-0.25, -0.2) is 0 Å². The molecule has 0 fully saturated rings. The first kappa shape index (κ1) is 21.1. The van der Waals surface area contributed by atoms with Gasteiger partial charge in [-0.15, -0.1) is 0 Å². The number of hydrogen-bond donors (Lipinski definition) is 0. The minimum absolute atomic E-state index is 0.155. The molecular weight excluding hydrogens is 464 g/mol. The lowest BCUT2D eigenvalue weighted by atomic mass is 9.74. The predicted molar refractivity (Wildman–Crippen MR) is 156 cm³/mol. The average Bonchev–Trinajstić information content (AvgIpc) is 3.22. The molecule has 2 aliphatic rings. The number of rotatable bonds is 2. The Morgan fingerprint density at radius 1 is 0.486 bits per heavy atom. The van der Waals surface area contributed by atoms with Crippen molar-refractivity contribution in [3.8, 4) is 33.4 Å². The van der Waals surface area contributed by atoms with E-state index in [9.17, 15) is 0 Å². The van der Waals surface area contributed by atoms with E-state index in [1.165, 1.54) is 70.6 Å². The highest BCUT2D eigenvalue weighted by Crippen LogP contribution is 2.53. The van der Waals surface area contributed by atoms with Gasteiger partial charge in [-0.05, 0) is 86.6 Å². The van der Waals surface area contributed by atoms with Gasteiger partial charge in [-0.2, -0.15) is 0 Å². The maximum atomic E-state index is 2.41. The fourth-order valence-electron chi connectivity index (χ4n) is 6.51. The summed E-state index contributed by atoms with van der Waals surface area (Å²) in [6.07, 6.45) is 0. The quantitative estimate of drug-likeness (QED) is 0.233. The Morgan fingerprint density at radius 3 is 2.03 bits per heavy atom. The van der Waals surface area contributed by atoms with Gasteiger partial charge in [-0.3, -0.25) is 0 Å². The summed E-state index contributed by atoms with van der Waals surface area (Å²) in [4.78, 5) is 2.68. The molecule has 0 nitrogen and oxygen atoms in total. The summed E-state index contributed by atoms with van der Waals surface area (Å²) in [7, 11) is 0. The monoisotopic (exact) mass is 488 g/mol. The van der Waals surface area contributed by atoms with Crippen molar-refractivity contribution in [2.45, 2.75) is 22.1 Å². The molecule has 8 rings (SSSR count). The summed E-state index contributed by atoms with van der Waals surface area (Å²) >= 11 is 1.89. The Hall–Kier alpha value is -4.07. The van der Waals surface area contributed by atoms with Crippen LogP contribution >= 0.6 is 11.8 Å². The fraction of sp³-hybridized carbons (Fsp3) is 0.0556. The third-order valence-corrected chi connectivity index (χ3v) is 9.49. The second-order valence-corrected chi connectivity index (χ2v) is 11.4. The summed E-state index contributed by atoms with van der Waals surface area (Å²) in [5.74, 6) is 0. The van der Waals surface area contributed by atoms with Crippen LogP contribution in [0.15, 0.2) is 137 Å². The molecule has 1 heterocycles. The van der Waals surface area contributed by atoms with Gasteiger partial charge in [0, 0.05) is 20.6 Å². The van der Waals surface area contributed by atoms with Gasteiger partial charge in [0.15, 0.2) is 0 Å². The maximum Gasteiger partial charge on any atom is 0.0435 e. The molecule has 0 amide bonds. The van der Waals surface area contributed by atoms with E-state index in [4.69, 9.17) is 0 Å². The lowest BCUT2D eigenvalue weighted by Crippen LogP contribution is -2.22. The van der Waals surface area contributed by atoms with E-state index >= 15 is 0 Å². The Labute approximate surface area is 221 Å². The van der Waals surface area contributed by atoms with Crippen LogP contribution in [0.25, 0.3) is 44.2 Å².